The van der Waals surface area contributed by atoms with E-state index in [1.165, 1.54) is 64.2 Å². The van der Waals surface area contributed by atoms with Crippen LogP contribution >= 0.6 is 0 Å². The molecule has 0 radical (unpaired) electrons. The first-order valence-electron chi connectivity index (χ1n) is 11.2. The quantitative estimate of drug-likeness (QED) is 0.425. The van der Waals surface area contributed by atoms with E-state index >= 15 is 0 Å². The summed E-state index contributed by atoms with van der Waals surface area (Å²) in [5.41, 5.74) is 3.09. The Morgan fingerprint density at radius 1 is 0.893 bits per heavy atom. The van der Waals surface area contributed by atoms with Gasteiger partial charge in [0.25, 0.3) is 0 Å². The first-order valence-corrected chi connectivity index (χ1v) is 11.2. The van der Waals surface area contributed by atoms with Gasteiger partial charge < -0.3 is 0 Å². The predicted octanol–water partition coefficient (Wildman–Crippen LogP) is 7.30. The topological polar surface area (TPSA) is 25.8 Å². The molecule has 28 heavy (non-hydrogen) atoms. The third-order valence-electron chi connectivity index (χ3n) is 6.38. The van der Waals surface area contributed by atoms with Gasteiger partial charge in [0, 0.05) is 5.56 Å². The fourth-order valence-corrected chi connectivity index (χ4v) is 4.50. The summed E-state index contributed by atoms with van der Waals surface area (Å²) >= 11 is 0. The standard InChI is InChI=1S/C25H35FN2/c1-3-4-5-6-7-20-9-11-21(12-10-20)13-14-22-15-16-23(24(26)18-22)25-17-8-19(2)27-28-25/h8,15-18,20-21H,3-7,9-14H2,1-2H3. The van der Waals surface area contributed by atoms with Crippen molar-refractivity contribution in [1.82, 2.24) is 10.2 Å². The molecule has 0 N–H and O–H groups in total. The maximum absolute atomic E-state index is 14.6. The summed E-state index contributed by atoms with van der Waals surface area (Å²) in [5, 5.41) is 8.14. The molecular formula is C25H35FN2. The Kier molecular flexibility index (Phi) is 8.00. The summed E-state index contributed by atoms with van der Waals surface area (Å²) in [4.78, 5) is 0. The number of hydrogen-bond acceptors (Lipinski definition) is 2. The molecule has 1 heterocycles. The molecule has 152 valence electrons. The Balaban J connectivity index is 1.44. The smallest absolute Gasteiger partial charge is 0.132 e. The molecule has 3 heteroatoms. The molecule has 0 bridgehead atoms. The average molecular weight is 383 g/mol. The van der Waals surface area contributed by atoms with Crippen molar-refractivity contribution in [2.24, 2.45) is 11.8 Å². The van der Waals surface area contributed by atoms with Crippen LogP contribution in [0.25, 0.3) is 11.3 Å². The molecular weight excluding hydrogens is 347 g/mol. The fourth-order valence-electron chi connectivity index (χ4n) is 4.50. The van der Waals surface area contributed by atoms with Crippen molar-refractivity contribution in [2.75, 3.05) is 0 Å². The SMILES string of the molecule is CCCCCCC1CCC(CCc2ccc(-c3ccc(C)nn3)c(F)c2)CC1. The van der Waals surface area contributed by atoms with Crippen LogP contribution in [0.3, 0.4) is 0 Å². The zero-order chi connectivity index (χ0) is 19.8. The molecule has 1 fully saturated rings. The second kappa shape index (κ2) is 10.7. The largest absolute Gasteiger partial charge is 0.206 e. The fraction of sp³-hybridized carbons (Fsp3) is 0.600. The van der Waals surface area contributed by atoms with E-state index in [9.17, 15) is 4.39 Å². The number of unbranched alkanes of at least 4 members (excludes halogenated alkanes) is 3. The van der Waals surface area contributed by atoms with Gasteiger partial charge in [0.1, 0.15) is 5.82 Å². The number of rotatable bonds is 9. The lowest BCUT2D eigenvalue weighted by Crippen LogP contribution is -2.15. The zero-order valence-corrected chi connectivity index (χ0v) is 17.6. The van der Waals surface area contributed by atoms with E-state index in [2.05, 4.69) is 23.2 Å². The third kappa shape index (κ3) is 6.12. The lowest BCUT2D eigenvalue weighted by Gasteiger charge is -2.28. The minimum atomic E-state index is -0.188. The summed E-state index contributed by atoms with van der Waals surface area (Å²) in [7, 11) is 0. The maximum atomic E-state index is 14.6. The lowest BCUT2D eigenvalue weighted by atomic mass is 9.77. The normalized spacial score (nSPS) is 19.7. The van der Waals surface area contributed by atoms with Crippen molar-refractivity contribution < 1.29 is 4.39 Å². The lowest BCUT2D eigenvalue weighted by molar-refractivity contribution is 0.249. The van der Waals surface area contributed by atoms with Gasteiger partial charge in [-0.3, -0.25) is 0 Å². The van der Waals surface area contributed by atoms with Gasteiger partial charge in [-0.2, -0.15) is 10.2 Å². The molecule has 1 aromatic carbocycles. The zero-order valence-electron chi connectivity index (χ0n) is 17.6. The Bertz CT molecular complexity index is 718. The molecule has 0 unspecified atom stereocenters. The highest BCUT2D eigenvalue weighted by molar-refractivity contribution is 5.59. The van der Waals surface area contributed by atoms with Crippen LogP contribution in [0.1, 0.15) is 82.4 Å². The minimum absolute atomic E-state index is 0.188. The molecule has 0 spiro atoms. The van der Waals surface area contributed by atoms with Gasteiger partial charge >= 0.3 is 0 Å². The number of halogens is 1. The van der Waals surface area contributed by atoms with E-state index in [1.807, 2.05) is 25.1 Å². The van der Waals surface area contributed by atoms with Crippen molar-refractivity contribution in [1.29, 1.82) is 0 Å². The van der Waals surface area contributed by atoms with E-state index < -0.39 is 0 Å². The highest BCUT2D eigenvalue weighted by atomic mass is 19.1. The molecule has 1 aliphatic carbocycles. The highest BCUT2D eigenvalue weighted by Crippen LogP contribution is 2.34. The second-order valence-corrected chi connectivity index (χ2v) is 8.65. The van der Waals surface area contributed by atoms with Crippen LogP contribution in [0.2, 0.25) is 0 Å². The second-order valence-electron chi connectivity index (χ2n) is 8.65. The minimum Gasteiger partial charge on any atom is -0.206 e. The Labute approximate surface area is 170 Å². The molecule has 0 aliphatic heterocycles. The molecule has 1 aliphatic rings. The van der Waals surface area contributed by atoms with E-state index in [0.717, 1.165) is 29.5 Å². The summed E-state index contributed by atoms with van der Waals surface area (Å²) in [6, 6.07) is 9.31. The van der Waals surface area contributed by atoms with E-state index in [4.69, 9.17) is 0 Å². The average Bonchev–Trinajstić information content (AvgIpc) is 2.71. The number of benzene rings is 1. The summed E-state index contributed by atoms with van der Waals surface area (Å²) in [5.74, 6) is 1.59. The van der Waals surface area contributed by atoms with Crippen molar-refractivity contribution in [2.45, 2.75) is 84.5 Å². The van der Waals surface area contributed by atoms with Crippen molar-refractivity contribution in [3.63, 3.8) is 0 Å². The van der Waals surface area contributed by atoms with Crippen LogP contribution in [-0.2, 0) is 6.42 Å². The molecule has 1 saturated carbocycles. The number of hydrogen-bond donors (Lipinski definition) is 0. The van der Waals surface area contributed by atoms with Crippen LogP contribution in [0, 0.1) is 24.6 Å². The van der Waals surface area contributed by atoms with Gasteiger partial charge in [-0.25, -0.2) is 4.39 Å². The van der Waals surface area contributed by atoms with Crippen LogP contribution in [0.15, 0.2) is 30.3 Å². The van der Waals surface area contributed by atoms with Gasteiger partial charge in [-0.15, -0.1) is 0 Å². The van der Waals surface area contributed by atoms with Crippen molar-refractivity contribution >= 4 is 0 Å². The number of aromatic nitrogens is 2. The van der Waals surface area contributed by atoms with E-state index in [1.54, 1.807) is 6.07 Å². The van der Waals surface area contributed by atoms with Crippen LogP contribution in [-0.4, -0.2) is 10.2 Å². The molecule has 0 saturated heterocycles. The first-order chi connectivity index (χ1) is 13.7. The van der Waals surface area contributed by atoms with Gasteiger partial charge in [-0.05, 0) is 61.4 Å². The predicted molar refractivity (Wildman–Crippen MR) is 115 cm³/mol. The summed E-state index contributed by atoms with van der Waals surface area (Å²) in [6.07, 6.45) is 14.7. The molecule has 0 atom stereocenters. The third-order valence-corrected chi connectivity index (χ3v) is 6.38. The Morgan fingerprint density at radius 2 is 1.64 bits per heavy atom. The highest BCUT2D eigenvalue weighted by Gasteiger charge is 2.20. The van der Waals surface area contributed by atoms with Crippen molar-refractivity contribution in [3.8, 4) is 11.3 Å². The maximum Gasteiger partial charge on any atom is 0.132 e. The molecule has 3 rings (SSSR count). The Hall–Kier alpha value is -1.77. The molecule has 2 aromatic rings. The summed E-state index contributed by atoms with van der Waals surface area (Å²) < 4.78 is 14.6. The van der Waals surface area contributed by atoms with Gasteiger partial charge in [0.05, 0.1) is 11.4 Å². The van der Waals surface area contributed by atoms with Gasteiger partial charge in [0.15, 0.2) is 0 Å². The summed E-state index contributed by atoms with van der Waals surface area (Å²) in [6.45, 7) is 4.16. The molecule has 2 nitrogen and oxygen atoms in total. The van der Waals surface area contributed by atoms with Crippen molar-refractivity contribution in [3.05, 3.63) is 47.4 Å². The van der Waals surface area contributed by atoms with E-state index in [-0.39, 0.29) is 5.82 Å². The Morgan fingerprint density at radius 3 is 2.29 bits per heavy atom. The first kappa shape index (κ1) is 21.0. The van der Waals surface area contributed by atoms with Crippen LogP contribution in [0.4, 0.5) is 4.39 Å². The van der Waals surface area contributed by atoms with Crippen LogP contribution in [0.5, 0.6) is 0 Å². The van der Waals surface area contributed by atoms with Gasteiger partial charge in [0.2, 0.25) is 0 Å². The molecule has 0 amide bonds. The van der Waals surface area contributed by atoms with Gasteiger partial charge in [-0.1, -0.05) is 70.8 Å². The number of aryl methyl sites for hydroxylation is 2. The molecule has 1 aromatic heterocycles. The van der Waals surface area contributed by atoms with E-state index in [0.29, 0.717) is 11.3 Å². The monoisotopic (exact) mass is 382 g/mol. The van der Waals surface area contributed by atoms with Crippen LogP contribution < -0.4 is 0 Å². The number of nitrogens with zero attached hydrogens (tertiary/aromatic N) is 2.